The molecule has 0 atom stereocenters. The third kappa shape index (κ3) is 1.76. The average molecular weight is 257 g/mol. The lowest BCUT2D eigenvalue weighted by Crippen LogP contribution is -1.95. The second-order valence-corrected chi connectivity index (χ2v) is 3.57. The maximum Gasteiger partial charge on any atom is 0.306 e. The fraction of sp³-hybridized carbons (Fsp3) is 0.100. The molecule has 0 unspecified atom stereocenters. The Hall–Kier alpha value is -1.95. The molecule has 0 saturated heterocycles. The van der Waals surface area contributed by atoms with Crippen LogP contribution in [0.5, 0.6) is 5.75 Å². The summed E-state index contributed by atoms with van der Waals surface area (Å²) < 4.78 is 18.7. The minimum absolute atomic E-state index is 0.0401. The predicted octanol–water partition coefficient (Wildman–Crippen LogP) is 2.94. The van der Waals surface area contributed by atoms with E-state index in [1.165, 1.54) is 19.2 Å². The average Bonchev–Trinajstić information content (AvgIpc) is 2.29. The molecule has 2 aromatic rings. The fourth-order valence-corrected chi connectivity index (χ4v) is 1.76. The standard InChI is InChI=1S/C10H6ClFN2O3/c1-17-7-3-2-5-8(10(7)12)9(11)6(4-13-5)14(15)16/h2-4H,1H3. The first-order chi connectivity index (χ1) is 8.06. The highest BCUT2D eigenvalue weighted by atomic mass is 35.5. The summed E-state index contributed by atoms with van der Waals surface area (Å²) in [5, 5.41) is 10.3. The van der Waals surface area contributed by atoms with E-state index in [4.69, 9.17) is 16.3 Å². The zero-order valence-corrected chi connectivity index (χ0v) is 9.36. The van der Waals surface area contributed by atoms with Crippen LogP contribution in [0.2, 0.25) is 5.02 Å². The zero-order valence-electron chi connectivity index (χ0n) is 8.61. The Morgan fingerprint density at radius 3 is 2.82 bits per heavy atom. The van der Waals surface area contributed by atoms with E-state index in [2.05, 4.69) is 4.98 Å². The van der Waals surface area contributed by atoms with Crippen LogP contribution < -0.4 is 4.74 Å². The van der Waals surface area contributed by atoms with Crippen LogP contribution >= 0.6 is 11.6 Å². The number of rotatable bonds is 2. The van der Waals surface area contributed by atoms with Crippen molar-refractivity contribution in [2.75, 3.05) is 7.11 Å². The number of methoxy groups -OCH3 is 1. The van der Waals surface area contributed by atoms with Gasteiger partial charge in [0.05, 0.1) is 22.9 Å². The quantitative estimate of drug-likeness (QED) is 0.612. The Bertz CT molecular complexity index is 618. The molecule has 0 aliphatic heterocycles. The van der Waals surface area contributed by atoms with Crippen molar-refractivity contribution in [2.45, 2.75) is 0 Å². The molecule has 0 fully saturated rings. The summed E-state index contributed by atoms with van der Waals surface area (Å²) in [6.07, 6.45) is 0.997. The van der Waals surface area contributed by atoms with E-state index in [1.807, 2.05) is 0 Å². The number of nitro groups is 1. The lowest BCUT2D eigenvalue weighted by atomic mass is 10.2. The fourth-order valence-electron chi connectivity index (χ4n) is 1.46. The minimum atomic E-state index is -0.758. The number of nitrogens with zero attached hydrogens (tertiary/aromatic N) is 2. The summed E-state index contributed by atoms with van der Waals surface area (Å²) in [6.45, 7) is 0. The van der Waals surface area contributed by atoms with Gasteiger partial charge in [0, 0.05) is 0 Å². The summed E-state index contributed by atoms with van der Waals surface area (Å²) in [4.78, 5) is 13.7. The van der Waals surface area contributed by atoms with E-state index in [9.17, 15) is 14.5 Å². The molecule has 0 aliphatic carbocycles. The molecule has 0 bridgehead atoms. The first kappa shape index (κ1) is 11.5. The van der Waals surface area contributed by atoms with Gasteiger partial charge in [0.1, 0.15) is 11.2 Å². The van der Waals surface area contributed by atoms with E-state index in [0.29, 0.717) is 0 Å². The first-order valence-corrected chi connectivity index (χ1v) is 4.89. The van der Waals surface area contributed by atoms with Gasteiger partial charge in [-0.15, -0.1) is 0 Å². The number of pyridine rings is 1. The Morgan fingerprint density at radius 1 is 1.53 bits per heavy atom. The highest BCUT2D eigenvalue weighted by molar-refractivity contribution is 6.37. The number of halogens is 2. The number of fused-ring (bicyclic) bond motifs is 1. The van der Waals surface area contributed by atoms with Crippen molar-refractivity contribution in [1.29, 1.82) is 0 Å². The summed E-state index contributed by atoms with van der Waals surface area (Å²) in [7, 11) is 1.29. The van der Waals surface area contributed by atoms with Gasteiger partial charge in [0.2, 0.25) is 0 Å². The highest BCUT2D eigenvalue weighted by Gasteiger charge is 2.20. The van der Waals surface area contributed by atoms with Crippen LogP contribution in [-0.4, -0.2) is 17.0 Å². The lowest BCUT2D eigenvalue weighted by Gasteiger charge is -2.06. The van der Waals surface area contributed by atoms with Crippen molar-refractivity contribution >= 4 is 28.2 Å². The third-order valence-electron chi connectivity index (χ3n) is 2.27. The molecule has 0 N–H and O–H groups in total. The molecule has 0 amide bonds. The summed E-state index contributed by atoms with van der Waals surface area (Å²) >= 11 is 5.79. The number of benzene rings is 1. The maximum atomic E-state index is 13.9. The van der Waals surface area contributed by atoms with Crippen molar-refractivity contribution < 1.29 is 14.1 Å². The molecular formula is C10H6ClFN2O3. The normalized spacial score (nSPS) is 10.5. The van der Waals surface area contributed by atoms with Gasteiger partial charge in [0.15, 0.2) is 11.6 Å². The van der Waals surface area contributed by atoms with E-state index in [0.717, 1.165) is 6.20 Å². The smallest absolute Gasteiger partial charge is 0.306 e. The van der Waals surface area contributed by atoms with Gasteiger partial charge in [-0.2, -0.15) is 0 Å². The molecule has 1 aromatic heterocycles. The van der Waals surface area contributed by atoms with Crippen molar-refractivity contribution in [1.82, 2.24) is 4.98 Å². The Kier molecular flexibility index (Phi) is 2.81. The topological polar surface area (TPSA) is 65.3 Å². The second kappa shape index (κ2) is 4.14. The Balaban J connectivity index is 2.87. The van der Waals surface area contributed by atoms with Crippen LogP contribution in [-0.2, 0) is 0 Å². The van der Waals surface area contributed by atoms with Gasteiger partial charge >= 0.3 is 5.69 Å². The maximum absolute atomic E-state index is 13.9. The van der Waals surface area contributed by atoms with Crippen molar-refractivity contribution in [3.8, 4) is 5.75 Å². The molecule has 7 heteroatoms. The van der Waals surface area contributed by atoms with E-state index < -0.39 is 16.4 Å². The minimum Gasteiger partial charge on any atom is -0.494 e. The van der Waals surface area contributed by atoms with Crippen LogP contribution in [0, 0.1) is 15.9 Å². The van der Waals surface area contributed by atoms with Gasteiger partial charge in [-0.25, -0.2) is 9.37 Å². The predicted molar refractivity (Wildman–Crippen MR) is 59.9 cm³/mol. The Labute approximate surface area is 99.9 Å². The Morgan fingerprint density at radius 2 is 2.24 bits per heavy atom. The SMILES string of the molecule is COc1ccc2ncc([N+](=O)[O-])c(Cl)c2c1F. The number of hydrogen-bond donors (Lipinski definition) is 0. The largest absolute Gasteiger partial charge is 0.494 e. The van der Waals surface area contributed by atoms with Gasteiger partial charge in [-0.3, -0.25) is 10.1 Å². The molecule has 88 valence electrons. The van der Waals surface area contributed by atoms with Gasteiger partial charge < -0.3 is 4.74 Å². The molecule has 0 aliphatic rings. The summed E-state index contributed by atoms with van der Waals surface area (Å²) in [5.74, 6) is -0.798. The molecule has 1 heterocycles. The van der Waals surface area contributed by atoms with Crippen LogP contribution in [0.25, 0.3) is 10.9 Å². The molecule has 2 rings (SSSR count). The molecule has 17 heavy (non-hydrogen) atoms. The van der Waals surface area contributed by atoms with Crippen molar-refractivity contribution in [3.05, 3.63) is 39.3 Å². The summed E-state index contributed by atoms with van der Waals surface area (Å²) in [6, 6.07) is 2.86. The molecule has 1 aromatic carbocycles. The van der Waals surface area contributed by atoms with Crippen LogP contribution in [0.1, 0.15) is 0 Å². The van der Waals surface area contributed by atoms with Gasteiger partial charge in [-0.1, -0.05) is 11.6 Å². The van der Waals surface area contributed by atoms with Gasteiger partial charge in [-0.05, 0) is 12.1 Å². The van der Waals surface area contributed by atoms with Crippen molar-refractivity contribution in [2.24, 2.45) is 0 Å². The van der Waals surface area contributed by atoms with Crippen LogP contribution in [0.3, 0.4) is 0 Å². The zero-order chi connectivity index (χ0) is 12.6. The first-order valence-electron chi connectivity index (χ1n) is 4.51. The van der Waals surface area contributed by atoms with Crippen LogP contribution in [0.4, 0.5) is 10.1 Å². The second-order valence-electron chi connectivity index (χ2n) is 3.19. The summed E-state index contributed by atoms with van der Waals surface area (Å²) in [5.41, 5.74) is -0.204. The van der Waals surface area contributed by atoms with Crippen LogP contribution in [0.15, 0.2) is 18.3 Å². The lowest BCUT2D eigenvalue weighted by molar-refractivity contribution is -0.384. The van der Waals surface area contributed by atoms with E-state index in [-0.39, 0.29) is 21.7 Å². The number of aromatic nitrogens is 1. The molecule has 5 nitrogen and oxygen atoms in total. The third-order valence-corrected chi connectivity index (χ3v) is 2.65. The number of hydrogen-bond acceptors (Lipinski definition) is 4. The molecule has 0 saturated carbocycles. The van der Waals surface area contributed by atoms with Gasteiger partial charge in [0.25, 0.3) is 0 Å². The van der Waals surface area contributed by atoms with E-state index >= 15 is 0 Å². The van der Waals surface area contributed by atoms with E-state index in [1.54, 1.807) is 0 Å². The molecule has 0 spiro atoms. The van der Waals surface area contributed by atoms with Crippen molar-refractivity contribution in [3.63, 3.8) is 0 Å². The highest BCUT2D eigenvalue weighted by Crippen LogP contribution is 2.35. The number of ether oxygens (including phenoxy) is 1. The monoisotopic (exact) mass is 256 g/mol. The molecule has 0 radical (unpaired) electrons. The molecular weight excluding hydrogens is 251 g/mol.